The highest BCUT2D eigenvalue weighted by atomic mass is 16.5. The fraction of sp³-hybridized carbons (Fsp3) is 0.833. The Kier molecular flexibility index (Phi) is 5.74. The first-order valence-corrected chi connectivity index (χ1v) is 9.35. The van der Waals surface area contributed by atoms with Crippen molar-refractivity contribution in [2.45, 2.75) is 57.0 Å². The molecule has 2 fully saturated rings. The molecule has 2 saturated carbocycles. The van der Waals surface area contributed by atoms with Gasteiger partial charge in [0.2, 0.25) is 5.91 Å². The summed E-state index contributed by atoms with van der Waals surface area (Å²) in [5.41, 5.74) is -0.389. The van der Waals surface area contributed by atoms with E-state index in [4.69, 9.17) is 4.74 Å². The number of aryl methyl sites for hydroxylation is 1. The van der Waals surface area contributed by atoms with Gasteiger partial charge in [0.1, 0.15) is 12.2 Å². The standard InChI is InChI=1S/C18H30N4O3/c1-22-12-20-21-16(22)13-8-14(15(23)9-13)10-19-17(24)18(11-25-2)6-4-3-5-7-18/h12-15,23H,3-11H2,1-2H3,(H,19,24)/t13-,14+,15+/m0/s1. The van der Waals surface area contributed by atoms with Crippen molar-refractivity contribution in [2.75, 3.05) is 20.3 Å². The molecule has 2 aliphatic carbocycles. The molecular weight excluding hydrogens is 320 g/mol. The lowest BCUT2D eigenvalue weighted by Crippen LogP contribution is -2.47. The Bertz CT molecular complexity index is 577. The number of methoxy groups -OCH3 is 1. The highest BCUT2D eigenvalue weighted by Crippen LogP contribution is 2.39. The van der Waals surface area contributed by atoms with E-state index < -0.39 is 6.10 Å². The van der Waals surface area contributed by atoms with E-state index in [0.717, 1.165) is 37.9 Å². The van der Waals surface area contributed by atoms with Crippen LogP contribution in [-0.2, 0) is 16.6 Å². The quantitative estimate of drug-likeness (QED) is 0.809. The highest BCUT2D eigenvalue weighted by Gasteiger charge is 2.41. The van der Waals surface area contributed by atoms with Gasteiger partial charge in [-0.3, -0.25) is 4.79 Å². The first-order valence-electron chi connectivity index (χ1n) is 9.35. The van der Waals surface area contributed by atoms with Crippen LogP contribution < -0.4 is 5.32 Å². The largest absolute Gasteiger partial charge is 0.393 e. The zero-order valence-electron chi connectivity index (χ0n) is 15.3. The summed E-state index contributed by atoms with van der Waals surface area (Å²) in [4.78, 5) is 12.8. The molecule has 3 rings (SSSR count). The van der Waals surface area contributed by atoms with E-state index in [0.29, 0.717) is 19.6 Å². The molecule has 1 heterocycles. The number of carbonyl (C=O) groups is 1. The molecule has 0 spiro atoms. The van der Waals surface area contributed by atoms with Crippen molar-refractivity contribution in [2.24, 2.45) is 18.4 Å². The summed E-state index contributed by atoms with van der Waals surface area (Å²) in [5.74, 6) is 1.26. The van der Waals surface area contributed by atoms with Gasteiger partial charge in [0, 0.05) is 32.5 Å². The Labute approximate surface area is 149 Å². The number of hydrogen-bond donors (Lipinski definition) is 2. The van der Waals surface area contributed by atoms with Gasteiger partial charge in [-0.05, 0) is 25.7 Å². The summed E-state index contributed by atoms with van der Waals surface area (Å²) < 4.78 is 7.26. The highest BCUT2D eigenvalue weighted by molar-refractivity contribution is 5.82. The molecule has 2 aliphatic rings. The van der Waals surface area contributed by atoms with E-state index in [2.05, 4.69) is 15.5 Å². The van der Waals surface area contributed by atoms with E-state index in [9.17, 15) is 9.90 Å². The van der Waals surface area contributed by atoms with Gasteiger partial charge < -0.3 is 19.7 Å². The molecular formula is C18H30N4O3. The van der Waals surface area contributed by atoms with Crippen LogP contribution >= 0.6 is 0 Å². The predicted molar refractivity (Wildman–Crippen MR) is 92.9 cm³/mol. The van der Waals surface area contributed by atoms with Gasteiger partial charge >= 0.3 is 0 Å². The summed E-state index contributed by atoms with van der Waals surface area (Å²) >= 11 is 0. The van der Waals surface area contributed by atoms with Gasteiger partial charge in [0.25, 0.3) is 0 Å². The fourth-order valence-corrected chi connectivity index (χ4v) is 4.55. The molecule has 7 nitrogen and oxygen atoms in total. The Morgan fingerprint density at radius 2 is 2.16 bits per heavy atom. The summed E-state index contributed by atoms with van der Waals surface area (Å²) in [6.07, 6.45) is 7.92. The van der Waals surface area contributed by atoms with Crippen LogP contribution in [-0.4, -0.2) is 52.1 Å². The average molecular weight is 350 g/mol. The van der Waals surface area contributed by atoms with Gasteiger partial charge in [-0.1, -0.05) is 19.3 Å². The van der Waals surface area contributed by atoms with E-state index in [-0.39, 0.29) is 23.2 Å². The van der Waals surface area contributed by atoms with Crippen LogP contribution in [0.2, 0.25) is 0 Å². The predicted octanol–water partition coefficient (Wildman–Crippen LogP) is 1.38. The molecule has 0 aliphatic heterocycles. The smallest absolute Gasteiger partial charge is 0.228 e. The number of aromatic nitrogens is 3. The lowest BCUT2D eigenvalue weighted by Gasteiger charge is -2.35. The van der Waals surface area contributed by atoms with E-state index in [1.165, 1.54) is 6.42 Å². The molecule has 0 radical (unpaired) electrons. The number of carbonyl (C=O) groups excluding carboxylic acids is 1. The maximum absolute atomic E-state index is 12.8. The van der Waals surface area contributed by atoms with Crippen LogP contribution in [0, 0.1) is 11.3 Å². The van der Waals surface area contributed by atoms with Gasteiger partial charge in [-0.25, -0.2) is 0 Å². The van der Waals surface area contributed by atoms with Crippen molar-refractivity contribution in [3.05, 3.63) is 12.2 Å². The number of aliphatic hydroxyl groups is 1. The second kappa shape index (κ2) is 7.83. The van der Waals surface area contributed by atoms with Crippen molar-refractivity contribution in [3.8, 4) is 0 Å². The third-order valence-corrected chi connectivity index (χ3v) is 6.01. The molecule has 140 valence electrons. The fourth-order valence-electron chi connectivity index (χ4n) is 4.55. The number of ether oxygens (including phenoxy) is 1. The molecule has 1 aromatic rings. The van der Waals surface area contributed by atoms with Gasteiger partial charge in [-0.2, -0.15) is 0 Å². The van der Waals surface area contributed by atoms with Crippen molar-refractivity contribution in [1.82, 2.24) is 20.1 Å². The average Bonchev–Trinajstić information content (AvgIpc) is 3.19. The Hall–Kier alpha value is -1.47. The lowest BCUT2D eigenvalue weighted by molar-refractivity contribution is -0.137. The molecule has 25 heavy (non-hydrogen) atoms. The normalized spacial score (nSPS) is 28.8. The summed E-state index contributed by atoms with van der Waals surface area (Å²) in [5, 5.41) is 21.6. The van der Waals surface area contributed by atoms with Crippen LogP contribution in [0.1, 0.15) is 56.7 Å². The molecule has 1 aromatic heterocycles. The number of nitrogens with one attached hydrogen (secondary N) is 1. The molecule has 1 amide bonds. The first kappa shape index (κ1) is 18.3. The van der Waals surface area contributed by atoms with Crippen LogP contribution in [0.5, 0.6) is 0 Å². The molecule has 0 bridgehead atoms. The molecule has 0 unspecified atom stereocenters. The zero-order chi connectivity index (χ0) is 17.9. The Morgan fingerprint density at radius 3 is 2.80 bits per heavy atom. The van der Waals surface area contributed by atoms with E-state index >= 15 is 0 Å². The Balaban J connectivity index is 1.57. The van der Waals surface area contributed by atoms with Crippen molar-refractivity contribution < 1.29 is 14.6 Å². The number of hydrogen-bond acceptors (Lipinski definition) is 5. The van der Waals surface area contributed by atoms with Crippen molar-refractivity contribution in [1.29, 1.82) is 0 Å². The minimum atomic E-state index is -0.410. The van der Waals surface area contributed by atoms with E-state index in [1.54, 1.807) is 13.4 Å². The maximum Gasteiger partial charge on any atom is 0.228 e. The molecule has 2 N–H and O–H groups in total. The van der Waals surface area contributed by atoms with Crippen LogP contribution in [0.15, 0.2) is 6.33 Å². The minimum absolute atomic E-state index is 0.0637. The number of aliphatic hydroxyl groups excluding tert-OH is 1. The zero-order valence-corrected chi connectivity index (χ0v) is 15.3. The van der Waals surface area contributed by atoms with Crippen LogP contribution in [0.25, 0.3) is 0 Å². The summed E-state index contributed by atoms with van der Waals surface area (Å²) in [6, 6.07) is 0. The molecule has 0 aromatic carbocycles. The number of amides is 1. The lowest BCUT2D eigenvalue weighted by atomic mass is 9.74. The number of rotatable bonds is 6. The first-order chi connectivity index (χ1) is 12.1. The van der Waals surface area contributed by atoms with Crippen molar-refractivity contribution >= 4 is 5.91 Å². The minimum Gasteiger partial charge on any atom is -0.393 e. The van der Waals surface area contributed by atoms with Crippen LogP contribution in [0.4, 0.5) is 0 Å². The second-order valence-corrected chi connectivity index (χ2v) is 7.78. The topological polar surface area (TPSA) is 89.3 Å². The third kappa shape index (κ3) is 3.87. The van der Waals surface area contributed by atoms with Crippen LogP contribution in [0.3, 0.4) is 0 Å². The van der Waals surface area contributed by atoms with Gasteiger partial charge in [0.05, 0.1) is 18.1 Å². The Morgan fingerprint density at radius 1 is 1.40 bits per heavy atom. The van der Waals surface area contributed by atoms with Crippen molar-refractivity contribution in [3.63, 3.8) is 0 Å². The second-order valence-electron chi connectivity index (χ2n) is 7.78. The molecule has 3 atom stereocenters. The monoisotopic (exact) mass is 350 g/mol. The van der Waals surface area contributed by atoms with Gasteiger partial charge in [0.15, 0.2) is 0 Å². The summed E-state index contributed by atoms with van der Waals surface area (Å²) in [6.45, 7) is 0.993. The SMILES string of the molecule is COCC1(C(=O)NC[C@H]2C[C@H](c3nncn3C)C[C@H]2O)CCCCC1. The third-order valence-electron chi connectivity index (χ3n) is 6.01. The molecule has 0 saturated heterocycles. The van der Waals surface area contributed by atoms with E-state index in [1.807, 2.05) is 11.6 Å². The summed E-state index contributed by atoms with van der Waals surface area (Å²) in [7, 11) is 3.59. The maximum atomic E-state index is 12.8. The molecule has 7 heteroatoms. The van der Waals surface area contributed by atoms with Gasteiger partial charge in [-0.15, -0.1) is 10.2 Å². The number of nitrogens with zero attached hydrogens (tertiary/aromatic N) is 3.